The van der Waals surface area contributed by atoms with Crippen LogP contribution in [0, 0.1) is 12.8 Å². The molecule has 0 bridgehead atoms. The second-order valence-corrected chi connectivity index (χ2v) is 6.42. The maximum absolute atomic E-state index is 12.0. The van der Waals surface area contributed by atoms with E-state index in [0.29, 0.717) is 5.92 Å². The number of likely N-dealkylation sites (tertiary alicyclic amines) is 1. The zero-order valence-electron chi connectivity index (χ0n) is 13.5. The molecule has 0 saturated carbocycles. The third kappa shape index (κ3) is 2.78. The van der Waals surface area contributed by atoms with E-state index in [1.807, 2.05) is 31.0 Å². The highest BCUT2D eigenvalue weighted by Gasteiger charge is 2.35. The number of aromatic nitrogens is 2. The summed E-state index contributed by atoms with van der Waals surface area (Å²) in [7, 11) is 0. The molecule has 0 aliphatic carbocycles. The number of aryl methyl sites for hydroxylation is 1. The van der Waals surface area contributed by atoms with E-state index in [2.05, 4.69) is 40.7 Å². The van der Waals surface area contributed by atoms with Gasteiger partial charge in [0, 0.05) is 37.4 Å². The van der Waals surface area contributed by atoms with Crippen LogP contribution in [-0.4, -0.2) is 33.4 Å². The van der Waals surface area contributed by atoms with Gasteiger partial charge in [-0.1, -0.05) is 44.2 Å². The molecule has 116 valence electrons. The largest absolute Gasteiger partial charge is 0.341 e. The highest BCUT2D eigenvalue weighted by atomic mass is 16.2. The molecule has 2 heterocycles. The van der Waals surface area contributed by atoms with Gasteiger partial charge in [-0.25, -0.2) is 4.98 Å². The minimum Gasteiger partial charge on any atom is -0.341 e. The predicted octanol–water partition coefficient (Wildman–Crippen LogP) is 2.82. The summed E-state index contributed by atoms with van der Waals surface area (Å²) in [4.78, 5) is 18.5. The Labute approximate surface area is 131 Å². The number of hydrogen-bond donors (Lipinski definition) is 0. The number of carbonyl (C=O) groups is 1. The van der Waals surface area contributed by atoms with Gasteiger partial charge in [-0.15, -0.1) is 0 Å². The molecule has 0 spiro atoms. The fourth-order valence-corrected chi connectivity index (χ4v) is 2.96. The Balaban J connectivity index is 1.73. The van der Waals surface area contributed by atoms with Crippen LogP contribution in [-0.2, 0) is 11.3 Å². The Hall–Kier alpha value is -2.10. The highest BCUT2D eigenvalue weighted by Crippen LogP contribution is 2.28. The summed E-state index contributed by atoms with van der Waals surface area (Å²) in [6.07, 6.45) is 1.94. The first kappa shape index (κ1) is 14.8. The summed E-state index contributed by atoms with van der Waals surface area (Å²) in [6, 6.07) is 10.4. The van der Waals surface area contributed by atoms with Crippen LogP contribution in [0.2, 0.25) is 0 Å². The molecule has 1 saturated heterocycles. The number of benzene rings is 1. The van der Waals surface area contributed by atoms with Crippen LogP contribution >= 0.6 is 0 Å². The quantitative estimate of drug-likeness (QED) is 0.870. The van der Waals surface area contributed by atoms with Crippen LogP contribution in [0.3, 0.4) is 0 Å². The number of nitrogens with zero attached hydrogens (tertiary/aromatic N) is 3. The van der Waals surface area contributed by atoms with Crippen molar-refractivity contribution in [3.8, 4) is 0 Å². The van der Waals surface area contributed by atoms with Gasteiger partial charge in [-0.2, -0.15) is 0 Å². The van der Waals surface area contributed by atoms with Crippen molar-refractivity contribution in [2.45, 2.75) is 33.2 Å². The van der Waals surface area contributed by atoms with E-state index in [1.54, 1.807) is 0 Å². The second-order valence-electron chi connectivity index (χ2n) is 6.42. The van der Waals surface area contributed by atoms with Crippen molar-refractivity contribution >= 4 is 5.91 Å². The van der Waals surface area contributed by atoms with Gasteiger partial charge in [0.1, 0.15) is 5.82 Å². The number of imidazole rings is 1. The van der Waals surface area contributed by atoms with Crippen molar-refractivity contribution in [2.75, 3.05) is 13.1 Å². The van der Waals surface area contributed by atoms with Crippen molar-refractivity contribution < 1.29 is 4.79 Å². The van der Waals surface area contributed by atoms with Gasteiger partial charge in [-0.3, -0.25) is 4.79 Å². The summed E-state index contributed by atoms with van der Waals surface area (Å²) in [5, 5.41) is 0. The van der Waals surface area contributed by atoms with Gasteiger partial charge >= 0.3 is 0 Å². The lowest BCUT2D eigenvalue weighted by molar-refractivity contribution is -0.139. The van der Waals surface area contributed by atoms with Crippen LogP contribution in [0.5, 0.6) is 0 Å². The van der Waals surface area contributed by atoms with E-state index in [1.165, 1.54) is 11.3 Å². The topological polar surface area (TPSA) is 38.1 Å². The molecule has 1 fully saturated rings. The molecule has 0 N–H and O–H groups in total. The monoisotopic (exact) mass is 297 g/mol. The standard InChI is InChI=1S/C18H23N3O/c1-13(2)18(22)20-11-16(12-20)17-19-9-14(3)21(17)10-15-7-5-4-6-8-15/h4-9,13,16H,10-12H2,1-3H3. The molecule has 0 atom stereocenters. The Morgan fingerprint density at radius 1 is 1.27 bits per heavy atom. The fraction of sp³-hybridized carbons (Fsp3) is 0.444. The minimum atomic E-state index is 0.0757. The zero-order chi connectivity index (χ0) is 15.7. The molecule has 0 unspecified atom stereocenters. The molecule has 0 radical (unpaired) electrons. The molecule has 4 heteroatoms. The second kappa shape index (κ2) is 5.95. The molecule has 3 rings (SSSR count). The Morgan fingerprint density at radius 2 is 1.95 bits per heavy atom. The molecule has 4 nitrogen and oxygen atoms in total. The average molecular weight is 297 g/mol. The first-order valence-electron chi connectivity index (χ1n) is 7.91. The number of amides is 1. The Morgan fingerprint density at radius 3 is 2.59 bits per heavy atom. The third-order valence-corrected chi connectivity index (χ3v) is 4.32. The van der Waals surface area contributed by atoms with E-state index in [9.17, 15) is 4.79 Å². The average Bonchev–Trinajstić information content (AvgIpc) is 2.80. The summed E-state index contributed by atoms with van der Waals surface area (Å²) < 4.78 is 2.27. The lowest BCUT2D eigenvalue weighted by Crippen LogP contribution is -2.50. The van der Waals surface area contributed by atoms with Gasteiger partial charge < -0.3 is 9.47 Å². The molecule has 1 aromatic carbocycles. The number of carbonyl (C=O) groups excluding carboxylic acids is 1. The predicted molar refractivity (Wildman–Crippen MR) is 86.7 cm³/mol. The van der Waals surface area contributed by atoms with E-state index < -0.39 is 0 Å². The first-order chi connectivity index (χ1) is 10.6. The third-order valence-electron chi connectivity index (χ3n) is 4.32. The Bertz CT molecular complexity index is 654. The highest BCUT2D eigenvalue weighted by molar-refractivity contribution is 5.79. The molecular weight excluding hydrogens is 274 g/mol. The van der Waals surface area contributed by atoms with Crippen LogP contribution < -0.4 is 0 Å². The number of hydrogen-bond acceptors (Lipinski definition) is 2. The van der Waals surface area contributed by atoms with Crippen LogP contribution in [0.1, 0.15) is 36.8 Å². The van der Waals surface area contributed by atoms with E-state index in [4.69, 9.17) is 0 Å². The summed E-state index contributed by atoms with van der Waals surface area (Å²) >= 11 is 0. The van der Waals surface area contributed by atoms with Crippen molar-refractivity contribution in [1.82, 2.24) is 14.5 Å². The lowest BCUT2D eigenvalue weighted by atomic mass is 9.97. The lowest BCUT2D eigenvalue weighted by Gasteiger charge is -2.40. The van der Waals surface area contributed by atoms with Crippen LogP contribution in [0.25, 0.3) is 0 Å². The molecule has 1 aromatic heterocycles. The smallest absolute Gasteiger partial charge is 0.225 e. The fourth-order valence-electron chi connectivity index (χ4n) is 2.96. The summed E-state index contributed by atoms with van der Waals surface area (Å²) in [5.41, 5.74) is 2.45. The Kier molecular flexibility index (Phi) is 4.01. The van der Waals surface area contributed by atoms with E-state index in [0.717, 1.165) is 25.5 Å². The zero-order valence-corrected chi connectivity index (χ0v) is 13.5. The molecule has 1 aliphatic rings. The van der Waals surface area contributed by atoms with E-state index in [-0.39, 0.29) is 11.8 Å². The van der Waals surface area contributed by atoms with Gasteiger partial charge in [0.15, 0.2) is 0 Å². The van der Waals surface area contributed by atoms with Gasteiger partial charge in [0.25, 0.3) is 0 Å². The van der Waals surface area contributed by atoms with Gasteiger partial charge in [0.05, 0.1) is 5.92 Å². The van der Waals surface area contributed by atoms with Crippen molar-refractivity contribution in [2.24, 2.45) is 5.92 Å². The molecule has 1 aliphatic heterocycles. The molecule has 1 amide bonds. The molecule has 2 aromatic rings. The van der Waals surface area contributed by atoms with Gasteiger partial charge in [-0.05, 0) is 12.5 Å². The van der Waals surface area contributed by atoms with Crippen LogP contribution in [0.4, 0.5) is 0 Å². The maximum Gasteiger partial charge on any atom is 0.225 e. The summed E-state index contributed by atoms with van der Waals surface area (Å²) in [6.45, 7) is 8.43. The van der Waals surface area contributed by atoms with Crippen LogP contribution in [0.15, 0.2) is 36.5 Å². The van der Waals surface area contributed by atoms with Crippen molar-refractivity contribution in [3.05, 3.63) is 53.6 Å². The first-order valence-corrected chi connectivity index (χ1v) is 7.91. The SMILES string of the molecule is Cc1cnc(C2CN(C(=O)C(C)C)C2)n1Cc1ccccc1. The van der Waals surface area contributed by atoms with Crippen molar-refractivity contribution in [1.29, 1.82) is 0 Å². The minimum absolute atomic E-state index is 0.0757. The number of rotatable bonds is 4. The molecular formula is C18H23N3O. The normalized spacial score (nSPS) is 15.2. The summed E-state index contributed by atoms with van der Waals surface area (Å²) in [5.74, 6) is 1.79. The molecule has 22 heavy (non-hydrogen) atoms. The van der Waals surface area contributed by atoms with Crippen molar-refractivity contribution in [3.63, 3.8) is 0 Å². The van der Waals surface area contributed by atoms with E-state index >= 15 is 0 Å². The van der Waals surface area contributed by atoms with Gasteiger partial charge in [0.2, 0.25) is 5.91 Å². The maximum atomic E-state index is 12.0.